The van der Waals surface area contributed by atoms with Crippen LogP contribution in [0.15, 0.2) is 60.0 Å². The van der Waals surface area contributed by atoms with Crippen LogP contribution in [0.2, 0.25) is 0 Å². The van der Waals surface area contributed by atoms with Gasteiger partial charge in [0.1, 0.15) is 16.9 Å². The predicted molar refractivity (Wildman–Crippen MR) is 91.1 cm³/mol. The van der Waals surface area contributed by atoms with E-state index in [0.29, 0.717) is 27.3 Å². The first kappa shape index (κ1) is 14.5. The highest BCUT2D eigenvalue weighted by Gasteiger charge is 2.09. The Bertz CT molecular complexity index is 1010. The molecule has 7 heteroatoms. The van der Waals surface area contributed by atoms with Crippen LogP contribution >= 0.6 is 11.3 Å². The van der Waals surface area contributed by atoms with Crippen molar-refractivity contribution in [3.05, 3.63) is 70.7 Å². The van der Waals surface area contributed by atoms with E-state index in [1.165, 1.54) is 28.3 Å². The van der Waals surface area contributed by atoms with E-state index in [9.17, 15) is 9.18 Å². The molecule has 24 heavy (non-hydrogen) atoms. The number of carbonyl (C=O) groups excluding carboxylic acids is 1. The largest absolute Gasteiger partial charge is 0.321 e. The van der Waals surface area contributed by atoms with Crippen LogP contribution in [0.5, 0.6) is 0 Å². The number of aromatic nitrogens is 3. The number of carbonyl (C=O) groups is 1. The summed E-state index contributed by atoms with van der Waals surface area (Å²) in [5.74, 6) is -0.468. The number of amides is 1. The monoisotopic (exact) mass is 338 g/mol. The average molecular weight is 338 g/mol. The Morgan fingerprint density at radius 2 is 1.83 bits per heavy atom. The maximum Gasteiger partial charge on any atom is 0.265 e. The summed E-state index contributed by atoms with van der Waals surface area (Å²) in [7, 11) is 0. The van der Waals surface area contributed by atoms with E-state index in [4.69, 9.17) is 0 Å². The SMILES string of the molecule is O=C(Nc1ccc2nn(-c3ccc(F)cc3)nc2c1)c1cccs1. The summed E-state index contributed by atoms with van der Waals surface area (Å²) in [5.41, 5.74) is 2.64. The molecule has 2 aromatic carbocycles. The van der Waals surface area contributed by atoms with Crippen LogP contribution in [-0.2, 0) is 0 Å². The molecule has 0 fully saturated rings. The molecule has 4 rings (SSSR count). The Morgan fingerprint density at radius 1 is 1.04 bits per heavy atom. The number of rotatable bonds is 3. The molecule has 0 unspecified atom stereocenters. The highest BCUT2D eigenvalue weighted by molar-refractivity contribution is 7.12. The Hall–Kier alpha value is -3.06. The quantitative estimate of drug-likeness (QED) is 0.617. The van der Waals surface area contributed by atoms with E-state index < -0.39 is 0 Å². The summed E-state index contributed by atoms with van der Waals surface area (Å²) in [4.78, 5) is 14.2. The number of benzene rings is 2. The maximum absolute atomic E-state index is 13.0. The molecule has 1 amide bonds. The van der Waals surface area contributed by atoms with E-state index >= 15 is 0 Å². The fourth-order valence-electron chi connectivity index (χ4n) is 2.28. The zero-order valence-electron chi connectivity index (χ0n) is 12.3. The topological polar surface area (TPSA) is 59.8 Å². The number of hydrogen-bond donors (Lipinski definition) is 1. The van der Waals surface area contributed by atoms with Gasteiger partial charge in [-0.25, -0.2) is 4.39 Å². The number of halogens is 1. The fourth-order valence-corrected chi connectivity index (χ4v) is 2.90. The molecular weight excluding hydrogens is 327 g/mol. The second kappa shape index (κ2) is 5.86. The second-order valence-electron chi connectivity index (χ2n) is 5.10. The third-order valence-electron chi connectivity index (χ3n) is 3.44. The van der Waals surface area contributed by atoms with Gasteiger partial charge in [-0.15, -0.1) is 21.5 Å². The van der Waals surface area contributed by atoms with Crippen LogP contribution in [0.25, 0.3) is 16.7 Å². The third kappa shape index (κ3) is 2.77. The molecule has 0 aliphatic carbocycles. The smallest absolute Gasteiger partial charge is 0.265 e. The summed E-state index contributed by atoms with van der Waals surface area (Å²) in [5, 5.41) is 13.4. The number of nitrogens with zero attached hydrogens (tertiary/aromatic N) is 3. The summed E-state index contributed by atoms with van der Waals surface area (Å²) in [6.45, 7) is 0. The van der Waals surface area contributed by atoms with Gasteiger partial charge < -0.3 is 5.32 Å². The van der Waals surface area contributed by atoms with Gasteiger partial charge in [0.05, 0.1) is 10.6 Å². The van der Waals surface area contributed by atoms with Crippen LogP contribution in [0.4, 0.5) is 10.1 Å². The molecule has 5 nitrogen and oxygen atoms in total. The number of thiophene rings is 1. The van der Waals surface area contributed by atoms with E-state index in [2.05, 4.69) is 15.5 Å². The predicted octanol–water partition coefficient (Wildman–Crippen LogP) is 3.87. The van der Waals surface area contributed by atoms with E-state index in [-0.39, 0.29) is 11.7 Å². The molecule has 4 aromatic rings. The molecule has 0 aliphatic rings. The zero-order valence-corrected chi connectivity index (χ0v) is 13.1. The molecule has 0 radical (unpaired) electrons. The minimum Gasteiger partial charge on any atom is -0.321 e. The van der Waals surface area contributed by atoms with E-state index in [0.717, 1.165) is 0 Å². The lowest BCUT2D eigenvalue weighted by Crippen LogP contribution is -2.09. The lowest BCUT2D eigenvalue weighted by molar-refractivity contribution is 0.103. The molecule has 1 N–H and O–H groups in total. The third-order valence-corrected chi connectivity index (χ3v) is 4.31. The molecule has 0 bridgehead atoms. The van der Waals surface area contributed by atoms with Crippen molar-refractivity contribution in [2.45, 2.75) is 0 Å². The lowest BCUT2D eigenvalue weighted by Gasteiger charge is -2.02. The first-order valence-corrected chi connectivity index (χ1v) is 8.05. The number of fused-ring (bicyclic) bond motifs is 1. The average Bonchev–Trinajstić information content (AvgIpc) is 3.24. The standard InChI is InChI=1S/C17H11FN4OS/c18-11-3-6-13(7-4-11)22-20-14-8-5-12(10-15(14)21-22)19-17(23)16-2-1-9-24-16/h1-10H,(H,19,23). The van der Waals surface area contributed by atoms with Gasteiger partial charge in [0.15, 0.2) is 0 Å². The Balaban J connectivity index is 1.63. The molecule has 0 aliphatic heterocycles. The van der Waals surface area contributed by atoms with E-state index in [1.54, 1.807) is 36.4 Å². The number of nitrogens with one attached hydrogen (secondary N) is 1. The van der Waals surface area contributed by atoms with Crippen LogP contribution in [0.3, 0.4) is 0 Å². The summed E-state index contributed by atoms with van der Waals surface area (Å²) in [6.07, 6.45) is 0. The highest BCUT2D eigenvalue weighted by Crippen LogP contribution is 2.19. The van der Waals surface area contributed by atoms with Gasteiger partial charge in [0, 0.05) is 5.69 Å². The lowest BCUT2D eigenvalue weighted by atomic mass is 10.2. The van der Waals surface area contributed by atoms with Crippen molar-refractivity contribution in [1.29, 1.82) is 0 Å². The number of hydrogen-bond acceptors (Lipinski definition) is 4. The van der Waals surface area contributed by atoms with Gasteiger partial charge >= 0.3 is 0 Å². The van der Waals surface area contributed by atoms with Gasteiger partial charge in [-0.1, -0.05) is 6.07 Å². The van der Waals surface area contributed by atoms with Gasteiger partial charge in [-0.2, -0.15) is 4.80 Å². The minimum atomic E-state index is -0.311. The van der Waals surface area contributed by atoms with Crippen LogP contribution < -0.4 is 5.32 Å². The highest BCUT2D eigenvalue weighted by atomic mass is 32.1. The maximum atomic E-state index is 13.0. The first-order chi connectivity index (χ1) is 11.7. The first-order valence-electron chi connectivity index (χ1n) is 7.17. The second-order valence-corrected chi connectivity index (χ2v) is 6.05. The van der Waals surface area contributed by atoms with Crippen molar-refractivity contribution in [3.63, 3.8) is 0 Å². The molecular formula is C17H11FN4OS. The molecule has 0 saturated heterocycles. The van der Waals surface area contributed by atoms with Crippen LogP contribution in [0, 0.1) is 5.82 Å². The molecule has 0 spiro atoms. The molecule has 0 atom stereocenters. The minimum absolute atomic E-state index is 0.157. The van der Waals surface area contributed by atoms with Crippen molar-refractivity contribution < 1.29 is 9.18 Å². The van der Waals surface area contributed by atoms with Crippen molar-refractivity contribution in [3.8, 4) is 5.69 Å². The fraction of sp³-hybridized carbons (Fsp3) is 0. The summed E-state index contributed by atoms with van der Waals surface area (Å²) in [6, 6.07) is 14.8. The van der Waals surface area contributed by atoms with Crippen molar-refractivity contribution in [1.82, 2.24) is 15.0 Å². The molecule has 2 heterocycles. The van der Waals surface area contributed by atoms with Gasteiger partial charge in [-0.3, -0.25) is 4.79 Å². The van der Waals surface area contributed by atoms with Gasteiger partial charge in [0.25, 0.3) is 5.91 Å². The van der Waals surface area contributed by atoms with Gasteiger partial charge in [0.2, 0.25) is 0 Å². The van der Waals surface area contributed by atoms with Crippen LogP contribution in [-0.4, -0.2) is 20.9 Å². The van der Waals surface area contributed by atoms with Gasteiger partial charge in [-0.05, 0) is 53.9 Å². The molecule has 118 valence electrons. The van der Waals surface area contributed by atoms with Crippen molar-refractivity contribution in [2.24, 2.45) is 0 Å². The van der Waals surface area contributed by atoms with Crippen molar-refractivity contribution >= 4 is 34.0 Å². The summed E-state index contributed by atoms with van der Waals surface area (Å²) >= 11 is 1.38. The Kier molecular flexibility index (Phi) is 3.55. The Morgan fingerprint density at radius 3 is 2.58 bits per heavy atom. The summed E-state index contributed by atoms with van der Waals surface area (Å²) < 4.78 is 13.0. The Labute approximate surface area is 140 Å². The normalized spacial score (nSPS) is 10.9. The number of anilines is 1. The zero-order chi connectivity index (χ0) is 16.5. The van der Waals surface area contributed by atoms with Crippen LogP contribution in [0.1, 0.15) is 9.67 Å². The van der Waals surface area contributed by atoms with E-state index in [1.807, 2.05) is 11.4 Å². The molecule has 0 saturated carbocycles. The molecule has 2 aromatic heterocycles. The van der Waals surface area contributed by atoms with Crippen molar-refractivity contribution in [2.75, 3.05) is 5.32 Å².